The lowest BCUT2D eigenvalue weighted by Gasteiger charge is -2.24. The van der Waals surface area contributed by atoms with Gasteiger partial charge in [-0.1, -0.05) is 24.3 Å². The Morgan fingerprint density at radius 1 is 1.24 bits per heavy atom. The second kappa shape index (κ2) is 6.76. The summed E-state index contributed by atoms with van der Waals surface area (Å²) in [7, 11) is 0. The van der Waals surface area contributed by atoms with Gasteiger partial charge in [0.05, 0.1) is 5.92 Å². The van der Waals surface area contributed by atoms with Crippen molar-refractivity contribution < 1.29 is 9.53 Å². The van der Waals surface area contributed by atoms with E-state index in [-0.39, 0.29) is 11.8 Å². The fraction of sp³-hybridized carbons (Fsp3) is 0.211. The Balaban J connectivity index is 1.44. The predicted octanol–water partition coefficient (Wildman–Crippen LogP) is 2.13. The van der Waals surface area contributed by atoms with Crippen LogP contribution in [0.1, 0.15) is 11.1 Å². The molecule has 0 fully saturated rings. The van der Waals surface area contributed by atoms with Crippen LogP contribution in [-0.2, 0) is 17.8 Å². The lowest BCUT2D eigenvalue weighted by atomic mass is 9.96. The van der Waals surface area contributed by atoms with Crippen LogP contribution in [0.15, 0.2) is 61.3 Å². The largest absolute Gasteiger partial charge is 0.492 e. The van der Waals surface area contributed by atoms with E-state index in [0.717, 1.165) is 22.7 Å². The average Bonchev–Trinajstić information content (AvgIpc) is 3.20. The van der Waals surface area contributed by atoms with Crippen LogP contribution in [0.4, 0.5) is 0 Å². The van der Waals surface area contributed by atoms with Crippen molar-refractivity contribution in [3.8, 4) is 11.6 Å². The number of nitrogens with one attached hydrogen (secondary N) is 1. The van der Waals surface area contributed by atoms with Crippen molar-refractivity contribution in [2.45, 2.75) is 13.0 Å². The standard InChI is InChI=1S/C19H18N4O2/c24-19(16-10-14-4-1-2-6-17(14)25-12-16)22-11-15-5-3-7-21-18(15)23-9-8-20-13-23/h1-9,13,16H,10-12H2,(H,22,24). The molecular formula is C19H18N4O2. The zero-order valence-corrected chi connectivity index (χ0v) is 13.6. The normalized spacial score (nSPS) is 15.9. The first-order chi connectivity index (χ1) is 12.3. The summed E-state index contributed by atoms with van der Waals surface area (Å²) in [5, 5.41) is 3.01. The fourth-order valence-corrected chi connectivity index (χ4v) is 3.01. The number of amides is 1. The van der Waals surface area contributed by atoms with Gasteiger partial charge in [0.15, 0.2) is 0 Å². The summed E-state index contributed by atoms with van der Waals surface area (Å²) >= 11 is 0. The number of pyridine rings is 1. The third-order valence-corrected chi connectivity index (χ3v) is 4.32. The molecular weight excluding hydrogens is 316 g/mol. The molecule has 25 heavy (non-hydrogen) atoms. The maximum absolute atomic E-state index is 12.5. The molecule has 1 aromatic carbocycles. The van der Waals surface area contributed by atoms with Crippen LogP contribution in [0.2, 0.25) is 0 Å². The molecule has 2 aromatic heterocycles. The first-order valence-electron chi connectivity index (χ1n) is 8.22. The number of hydrogen-bond donors (Lipinski definition) is 1. The number of hydrogen-bond acceptors (Lipinski definition) is 4. The number of carbonyl (C=O) groups excluding carboxylic acids is 1. The van der Waals surface area contributed by atoms with E-state index in [1.165, 1.54) is 0 Å². The zero-order chi connectivity index (χ0) is 17.1. The Morgan fingerprint density at radius 3 is 3.04 bits per heavy atom. The minimum absolute atomic E-state index is 0.00469. The molecule has 0 radical (unpaired) electrons. The summed E-state index contributed by atoms with van der Waals surface area (Å²) in [4.78, 5) is 21.0. The maximum atomic E-state index is 12.5. The van der Waals surface area contributed by atoms with Crippen molar-refractivity contribution in [2.75, 3.05) is 6.61 Å². The molecule has 0 saturated carbocycles. The van der Waals surface area contributed by atoms with Crippen LogP contribution in [0.3, 0.4) is 0 Å². The van der Waals surface area contributed by atoms with Crippen LogP contribution in [0, 0.1) is 5.92 Å². The highest BCUT2D eigenvalue weighted by Crippen LogP contribution is 2.26. The van der Waals surface area contributed by atoms with E-state index in [0.29, 0.717) is 19.6 Å². The van der Waals surface area contributed by atoms with Gasteiger partial charge >= 0.3 is 0 Å². The highest BCUT2D eigenvalue weighted by molar-refractivity contribution is 5.79. The van der Waals surface area contributed by atoms with E-state index in [9.17, 15) is 4.79 Å². The SMILES string of the molecule is O=C(NCc1cccnc1-n1ccnc1)C1COc2ccccc2C1. The number of fused-ring (bicyclic) bond motifs is 1. The van der Waals surface area contributed by atoms with Crippen molar-refractivity contribution in [1.82, 2.24) is 19.9 Å². The lowest BCUT2D eigenvalue weighted by Crippen LogP contribution is -2.37. The number of nitrogens with zero attached hydrogens (tertiary/aromatic N) is 3. The summed E-state index contributed by atoms with van der Waals surface area (Å²) in [5.41, 5.74) is 2.01. The highest BCUT2D eigenvalue weighted by atomic mass is 16.5. The molecule has 1 N–H and O–H groups in total. The molecule has 0 bridgehead atoms. The van der Waals surface area contributed by atoms with Gasteiger partial charge in [0.1, 0.15) is 24.5 Å². The van der Waals surface area contributed by atoms with Crippen molar-refractivity contribution in [3.05, 3.63) is 72.4 Å². The Kier molecular flexibility index (Phi) is 4.16. The minimum Gasteiger partial charge on any atom is -0.492 e. The molecule has 6 heteroatoms. The Labute approximate surface area is 145 Å². The number of carbonyl (C=O) groups is 1. The lowest BCUT2D eigenvalue weighted by molar-refractivity contribution is -0.126. The number of benzene rings is 1. The monoisotopic (exact) mass is 334 g/mol. The van der Waals surface area contributed by atoms with Gasteiger partial charge in [0.25, 0.3) is 0 Å². The van der Waals surface area contributed by atoms with Crippen molar-refractivity contribution >= 4 is 5.91 Å². The van der Waals surface area contributed by atoms with Crippen molar-refractivity contribution in [2.24, 2.45) is 5.92 Å². The topological polar surface area (TPSA) is 69.0 Å². The number of imidazole rings is 1. The summed E-state index contributed by atoms with van der Waals surface area (Å²) in [6.07, 6.45) is 7.66. The van der Waals surface area contributed by atoms with Crippen LogP contribution < -0.4 is 10.1 Å². The molecule has 1 aliphatic heterocycles. The van der Waals surface area contributed by atoms with Gasteiger partial charge in [-0.2, -0.15) is 0 Å². The van der Waals surface area contributed by atoms with Crippen LogP contribution in [0.5, 0.6) is 5.75 Å². The second-order valence-corrected chi connectivity index (χ2v) is 5.99. The summed E-state index contributed by atoms with van der Waals surface area (Å²) in [6.45, 7) is 0.822. The van der Waals surface area contributed by atoms with E-state index in [4.69, 9.17) is 4.74 Å². The molecule has 1 atom stereocenters. The Hall–Kier alpha value is -3.15. The molecule has 0 spiro atoms. The second-order valence-electron chi connectivity index (χ2n) is 5.99. The smallest absolute Gasteiger partial charge is 0.227 e. The fourth-order valence-electron chi connectivity index (χ4n) is 3.01. The third-order valence-electron chi connectivity index (χ3n) is 4.32. The Morgan fingerprint density at radius 2 is 2.16 bits per heavy atom. The zero-order valence-electron chi connectivity index (χ0n) is 13.6. The van der Waals surface area contributed by atoms with Crippen LogP contribution in [-0.4, -0.2) is 27.0 Å². The summed E-state index contributed by atoms with van der Waals surface area (Å²) in [6, 6.07) is 11.7. The maximum Gasteiger partial charge on any atom is 0.227 e. The van der Waals surface area contributed by atoms with E-state index >= 15 is 0 Å². The van der Waals surface area contributed by atoms with Crippen molar-refractivity contribution in [3.63, 3.8) is 0 Å². The van der Waals surface area contributed by atoms with E-state index in [1.807, 2.05) is 47.2 Å². The molecule has 4 rings (SSSR count). The first-order valence-corrected chi connectivity index (χ1v) is 8.22. The van der Waals surface area contributed by atoms with Crippen LogP contribution >= 0.6 is 0 Å². The highest BCUT2D eigenvalue weighted by Gasteiger charge is 2.25. The average molecular weight is 334 g/mol. The molecule has 6 nitrogen and oxygen atoms in total. The number of para-hydroxylation sites is 1. The van der Waals surface area contributed by atoms with Gasteiger partial charge in [-0.25, -0.2) is 9.97 Å². The van der Waals surface area contributed by atoms with Gasteiger partial charge in [-0.15, -0.1) is 0 Å². The Bertz CT molecular complexity index is 877. The van der Waals surface area contributed by atoms with Gasteiger partial charge in [0, 0.05) is 30.7 Å². The number of ether oxygens (including phenoxy) is 1. The molecule has 1 unspecified atom stereocenters. The van der Waals surface area contributed by atoms with Gasteiger partial charge in [0.2, 0.25) is 5.91 Å². The van der Waals surface area contributed by atoms with Crippen LogP contribution in [0.25, 0.3) is 5.82 Å². The van der Waals surface area contributed by atoms with Gasteiger partial charge < -0.3 is 10.1 Å². The predicted molar refractivity (Wildman–Crippen MR) is 92.3 cm³/mol. The number of rotatable bonds is 4. The first kappa shape index (κ1) is 15.4. The minimum atomic E-state index is -0.178. The molecule has 1 amide bonds. The van der Waals surface area contributed by atoms with Crippen molar-refractivity contribution in [1.29, 1.82) is 0 Å². The van der Waals surface area contributed by atoms with Gasteiger partial charge in [-0.05, 0) is 24.1 Å². The molecule has 3 aromatic rings. The summed E-state index contributed by atoms with van der Waals surface area (Å²) in [5.74, 6) is 1.46. The van der Waals surface area contributed by atoms with E-state index < -0.39 is 0 Å². The summed E-state index contributed by atoms with van der Waals surface area (Å²) < 4.78 is 7.54. The molecule has 0 saturated heterocycles. The molecule has 126 valence electrons. The van der Waals surface area contributed by atoms with E-state index in [2.05, 4.69) is 15.3 Å². The molecule has 3 heterocycles. The van der Waals surface area contributed by atoms with Gasteiger partial charge in [-0.3, -0.25) is 9.36 Å². The molecule has 1 aliphatic rings. The number of aromatic nitrogens is 3. The third kappa shape index (κ3) is 3.24. The molecule has 0 aliphatic carbocycles. The quantitative estimate of drug-likeness (QED) is 0.794. The van der Waals surface area contributed by atoms with E-state index in [1.54, 1.807) is 18.7 Å².